The fourth-order valence-corrected chi connectivity index (χ4v) is 6.10. The Morgan fingerprint density at radius 3 is 1.94 bits per heavy atom. The van der Waals surface area contributed by atoms with Gasteiger partial charge in [0.05, 0.1) is 0 Å². The summed E-state index contributed by atoms with van der Waals surface area (Å²) in [5, 5.41) is -0.273. The van der Waals surface area contributed by atoms with Gasteiger partial charge in [0.15, 0.2) is 9.76 Å². The molecule has 0 rings (SSSR count). The van der Waals surface area contributed by atoms with Crippen molar-refractivity contribution in [3.63, 3.8) is 0 Å². The largest absolute Gasteiger partial charge is 0.321 e. The lowest BCUT2D eigenvalue weighted by Gasteiger charge is -2.19. The van der Waals surface area contributed by atoms with Gasteiger partial charge in [-0.15, -0.1) is 0 Å². The minimum absolute atomic E-state index is 0.236. The molecule has 9 heteroatoms. The van der Waals surface area contributed by atoms with Crippen LogP contribution in [0.5, 0.6) is 0 Å². The van der Waals surface area contributed by atoms with Crippen molar-refractivity contribution in [1.82, 2.24) is 0 Å². The SMILES string of the molecule is CCC(S(=O)(=O)O)S(=O)(=O)O[SiH2]C(C)(C)C. The lowest BCUT2D eigenvalue weighted by Crippen LogP contribution is -2.33. The van der Waals surface area contributed by atoms with Crippen LogP contribution in [0.4, 0.5) is 0 Å². The molecule has 0 aliphatic heterocycles. The highest BCUT2D eigenvalue weighted by Gasteiger charge is 2.36. The van der Waals surface area contributed by atoms with Crippen LogP contribution in [0.2, 0.25) is 5.04 Å². The van der Waals surface area contributed by atoms with E-state index >= 15 is 0 Å². The van der Waals surface area contributed by atoms with E-state index in [9.17, 15) is 16.8 Å². The first-order valence-corrected chi connectivity index (χ1v) is 9.00. The summed E-state index contributed by atoms with van der Waals surface area (Å²) in [6.45, 7) is 6.79. The topological polar surface area (TPSA) is 97.7 Å². The maximum Gasteiger partial charge on any atom is 0.284 e. The van der Waals surface area contributed by atoms with Crippen LogP contribution in [0.1, 0.15) is 34.1 Å². The molecule has 0 fully saturated rings. The maximum absolute atomic E-state index is 11.5. The minimum atomic E-state index is -4.63. The monoisotopic (exact) mass is 290 g/mol. The fraction of sp³-hybridized carbons (Fsp3) is 1.00. The van der Waals surface area contributed by atoms with Crippen molar-refractivity contribution < 1.29 is 25.3 Å². The zero-order valence-electron chi connectivity index (χ0n) is 9.80. The quantitative estimate of drug-likeness (QED) is 0.576. The molecule has 0 amide bonds. The Labute approximate surface area is 99.2 Å². The van der Waals surface area contributed by atoms with Gasteiger partial charge in [-0.2, -0.15) is 16.8 Å². The third-order valence-electron chi connectivity index (χ3n) is 1.64. The molecule has 1 unspecified atom stereocenters. The molecule has 0 aromatic carbocycles. The average Bonchev–Trinajstić information content (AvgIpc) is 1.97. The summed E-state index contributed by atoms with van der Waals surface area (Å²) in [6.07, 6.45) is -0.236. The van der Waals surface area contributed by atoms with Crippen molar-refractivity contribution in [1.29, 1.82) is 0 Å². The van der Waals surface area contributed by atoms with Gasteiger partial charge in [-0.1, -0.05) is 27.7 Å². The maximum atomic E-state index is 11.5. The minimum Gasteiger partial charge on any atom is -0.321 e. The van der Waals surface area contributed by atoms with E-state index in [0.717, 1.165) is 0 Å². The van der Waals surface area contributed by atoms with E-state index < -0.39 is 34.6 Å². The van der Waals surface area contributed by atoms with Crippen molar-refractivity contribution in [3.8, 4) is 0 Å². The van der Waals surface area contributed by atoms with Gasteiger partial charge < -0.3 is 3.87 Å². The van der Waals surface area contributed by atoms with Gasteiger partial charge in [0, 0.05) is 0 Å². The first-order valence-electron chi connectivity index (χ1n) is 4.74. The van der Waals surface area contributed by atoms with Crippen LogP contribution in [-0.2, 0) is 24.1 Å². The van der Waals surface area contributed by atoms with Crippen LogP contribution in [0, 0.1) is 0 Å². The first kappa shape index (κ1) is 16.0. The smallest absolute Gasteiger partial charge is 0.284 e. The summed E-state index contributed by atoms with van der Waals surface area (Å²) < 4.78 is 56.4. The molecule has 6 nitrogen and oxygen atoms in total. The molecule has 0 heterocycles. The molecule has 0 aliphatic carbocycles. The summed E-state index contributed by atoms with van der Waals surface area (Å²) in [4.78, 5) is 0. The molecule has 16 heavy (non-hydrogen) atoms. The normalized spacial score (nSPS) is 16.8. The molecule has 0 aliphatic rings. The lowest BCUT2D eigenvalue weighted by molar-refractivity contribution is 0.454. The van der Waals surface area contributed by atoms with Crippen molar-refractivity contribution in [3.05, 3.63) is 0 Å². The summed E-state index contributed by atoms with van der Waals surface area (Å²) in [5.41, 5.74) is 0. The molecule has 1 N–H and O–H groups in total. The van der Waals surface area contributed by atoms with E-state index in [2.05, 4.69) is 0 Å². The Morgan fingerprint density at radius 2 is 1.69 bits per heavy atom. The van der Waals surface area contributed by atoms with Crippen LogP contribution in [-0.4, -0.2) is 35.7 Å². The second-order valence-electron chi connectivity index (χ2n) is 4.67. The van der Waals surface area contributed by atoms with Gasteiger partial charge in [0.2, 0.25) is 4.58 Å². The second kappa shape index (κ2) is 5.13. The first-order chi connectivity index (χ1) is 6.90. The van der Waals surface area contributed by atoms with Crippen LogP contribution in [0.3, 0.4) is 0 Å². The summed E-state index contributed by atoms with van der Waals surface area (Å²) in [5.74, 6) is 0. The molecular weight excluding hydrogens is 272 g/mol. The van der Waals surface area contributed by atoms with Gasteiger partial charge in [0.25, 0.3) is 20.2 Å². The number of hydrogen-bond donors (Lipinski definition) is 1. The predicted octanol–water partition coefficient (Wildman–Crippen LogP) is 0.259. The van der Waals surface area contributed by atoms with Gasteiger partial charge in [-0.05, 0) is 11.5 Å². The molecule has 0 aromatic rings. The van der Waals surface area contributed by atoms with Gasteiger partial charge in [-0.3, -0.25) is 4.55 Å². The summed E-state index contributed by atoms with van der Waals surface area (Å²) >= 11 is 0. The summed E-state index contributed by atoms with van der Waals surface area (Å²) in [7, 11) is -10.3. The van der Waals surface area contributed by atoms with Crippen molar-refractivity contribution >= 4 is 30.0 Å². The molecule has 0 radical (unpaired) electrons. The van der Waals surface area contributed by atoms with E-state index in [4.69, 9.17) is 8.42 Å². The Kier molecular flexibility index (Phi) is 5.14. The molecule has 0 saturated heterocycles. The van der Waals surface area contributed by atoms with E-state index in [1.54, 1.807) is 0 Å². The third-order valence-corrected chi connectivity index (χ3v) is 7.71. The fourth-order valence-electron chi connectivity index (χ4n) is 0.898. The van der Waals surface area contributed by atoms with E-state index in [0.29, 0.717) is 0 Å². The van der Waals surface area contributed by atoms with E-state index in [1.807, 2.05) is 20.8 Å². The number of hydrogen-bond acceptors (Lipinski definition) is 5. The van der Waals surface area contributed by atoms with Crippen molar-refractivity contribution in [2.24, 2.45) is 0 Å². The Balaban J connectivity index is 4.93. The second-order valence-corrected chi connectivity index (χ2v) is 11.5. The Hall–Kier alpha value is 0.0369. The highest BCUT2D eigenvalue weighted by Crippen LogP contribution is 2.23. The van der Waals surface area contributed by atoms with E-state index in [1.165, 1.54) is 6.92 Å². The van der Waals surface area contributed by atoms with E-state index in [-0.39, 0.29) is 11.5 Å². The molecule has 0 saturated carbocycles. The Bertz CT molecular complexity index is 418. The van der Waals surface area contributed by atoms with Crippen LogP contribution in [0.15, 0.2) is 0 Å². The molecule has 0 bridgehead atoms. The van der Waals surface area contributed by atoms with Crippen LogP contribution >= 0.6 is 0 Å². The van der Waals surface area contributed by atoms with Gasteiger partial charge >= 0.3 is 0 Å². The van der Waals surface area contributed by atoms with Crippen molar-refractivity contribution in [2.45, 2.75) is 43.7 Å². The van der Waals surface area contributed by atoms with Gasteiger partial charge in [-0.25, -0.2) is 0 Å². The van der Waals surface area contributed by atoms with Crippen molar-refractivity contribution in [2.75, 3.05) is 0 Å². The molecule has 1 atom stereocenters. The number of rotatable bonds is 5. The average molecular weight is 290 g/mol. The predicted molar refractivity (Wildman–Crippen MR) is 63.9 cm³/mol. The molecular formula is C7H18O6S2Si. The molecule has 0 spiro atoms. The van der Waals surface area contributed by atoms with Gasteiger partial charge in [0.1, 0.15) is 0 Å². The lowest BCUT2D eigenvalue weighted by atomic mass is 10.3. The zero-order chi connectivity index (χ0) is 13.2. The molecule has 98 valence electrons. The standard InChI is InChI=1S/C7H18O6S2Si/c1-5-6(14(8,9)10)15(11,12)13-16-7(2,3)4/h6H,5,16H2,1-4H3,(H,8,9,10). The highest BCUT2D eigenvalue weighted by atomic mass is 32.3. The summed E-state index contributed by atoms with van der Waals surface area (Å²) in [6, 6.07) is 0. The third kappa shape index (κ3) is 5.39. The van der Waals surface area contributed by atoms with Crippen LogP contribution in [0.25, 0.3) is 0 Å². The van der Waals surface area contributed by atoms with Crippen LogP contribution < -0.4 is 0 Å². The molecule has 0 aromatic heterocycles. The zero-order valence-corrected chi connectivity index (χ0v) is 12.8. The Morgan fingerprint density at radius 1 is 1.25 bits per heavy atom. The highest BCUT2D eigenvalue weighted by molar-refractivity contribution is 8.04.